The molecular formula is C35H43N3. The van der Waals surface area contributed by atoms with Gasteiger partial charge in [0.2, 0.25) is 0 Å². The van der Waals surface area contributed by atoms with Gasteiger partial charge < -0.3 is 14.5 Å². The highest BCUT2D eigenvalue weighted by Crippen LogP contribution is 2.41. The van der Waals surface area contributed by atoms with Crippen LogP contribution in [0, 0.1) is 0 Å². The van der Waals surface area contributed by atoms with Crippen molar-refractivity contribution in [3.8, 4) is 11.1 Å². The van der Waals surface area contributed by atoms with E-state index in [-0.39, 0.29) is 5.54 Å². The number of aryl methyl sites for hydroxylation is 1. The maximum Gasteiger partial charge on any atom is 0.0517 e. The number of fused-ring (bicyclic) bond motifs is 6. The van der Waals surface area contributed by atoms with Crippen molar-refractivity contribution >= 4 is 49.3 Å². The van der Waals surface area contributed by atoms with Crippen molar-refractivity contribution in [2.45, 2.75) is 60.4 Å². The van der Waals surface area contributed by atoms with E-state index in [0.29, 0.717) is 0 Å². The monoisotopic (exact) mass is 505 g/mol. The summed E-state index contributed by atoms with van der Waals surface area (Å²) in [5.74, 6) is 0. The first-order valence-corrected chi connectivity index (χ1v) is 14.0. The Labute approximate surface area is 228 Å². The average molecular weight is 506 g/mol. The molecule has 6 rings (SSSR count). The molecule has 3 nitrogen and oxygen atoms in total. The van der Waals surface area contributed by atoms with Gasteiger partial charge in [-0.1, -0.05) is 76.6 Å². The normalized spacial score (nSPS) is 11.4. The van der Waals surface area contributed by atoms with Gasteiger partial charge in [-0.2, -0.15) is 0 Å². The number of rotatable bonds is 2. The first-order valence-electron chi connectivity index (χ1n) is 14.0. The van der Waals surface area contributed by atoms with E-state index >= 15 is 0 Å². The molecule has 2 aromatic heterocycles. The summed E-state index contributed by atoms with van der Waals surface area (Å²) in [6.07, 6.45) is 1.25. The molecule has 0 aliphatic heterocycles. The van der Waals surface area contributed by atoms with E-state index in [2.05, 4.69) is 135 Å². The van der Waals surface area contributed by atoms with Crippen LogP contribution in [0.25, 0.3) is 54.7 Å². The summed E-state index contributed by atoms with van der Waals surface area (Å²) in [4.78, 5) is 0. The number of aromatic nitrogens is 2. The summed E-state index contributed by atoms with van der Waals surface area (Å²) >= 11 is 0. The predicted octanol–water partition coefficient (Wildman–Crippen LogP) is 10.3. The number of hydrogen-bond donors (Lipinski definition) is 1. The van der Waals surface area contributed by atoms with Crippen LogP contribution in [0.5, 0.6) is 0 Å². The van der Waals surface area contributed by atoms with Crippen LogP contribution in [0.1, 0.15) is 54.9 Å². The molecule has 0 unspecified atom stereocenters. The topological polar surface area (TPSA) is 21.9 Å². The second-order valence-electron chi connectivity index (χ2n) is 10.7. The number of nitrogens with zero attached hydrogens (tertiary/aromatic N) is 2. The molecule has 3 heteroatoms. The molecule has 0 bridgehead atoms. The molecule has 0 radical (unpaired) electrons. The van der Waals surface area contributed by atoms with Gasteiger partial charge in [0.1, 0.15) is 0 Å². The van der Waals surface area contributed by atoms with Crippen LogP contribution in [0.15, 0.2) is 78.9 Å². The van der Waals surface area contributed by atoms with Gasteiger partial charge in [0, 0.05) is 69.0 Å². The third kappa shape index (κ3) is 4.55. The van der Waals surface area contributed by atoms with Crippen LogP contribution in [0.4, 0.5) is 5.69 Å². The highest BCUT2D eigenvalue weighted by molar-refractivity contribution is 6.13. The van der Waals surface area contributed by atoms with Gasteiger partial charge in [0.15, 0.2) is 0 Å². The molecular weight excluding hydrogens is 462 g/mol. The second kappa shape index (κ2) is 10.9. The Bertz CT molecular complexity index is 1710. The summed E-state index contributed by atoms with van der Waals surface area (Å²) < 4.78 is 4.75. The first-order chi connectivity index (χ1) is 18.3. The second-order valence-corrected chi connectivity index (χ2v) is 10.7. The molecule has 6 aromatic rings. The highest BCUT2D eigenvalue weighted by Gasteiger charge is 2.22. The van der Waals surface area contributed by atoms with Gasteiger partial charge >= 0.3 is 0 Å². The minimum atomic E-state index is -0.0181. The van der Waals surface area contributed by atoms with E-state index in [0.717, 1.165) is 5.69 Å². The fourth-order valence-corrected chi connectivity index (χ4v) is 5.52. The lowest BCUT2D eigenvalue weighted by atomic mass is 9.98. The third-order valence-corrected chi connectivity index (χ3v) is 6.98. The van der Waals surface area contributed by atoms with Gasteiger partial charge in [-0.05, 0) is 62.7 Å². The van der Waals surface area contributed by atoms with E-state index in [1.54, 1.807) is 0 Å². The zero-order valence-electron chi connectivity index (χ0n) is 24.6. The molecule has 0 saturated carbocycles. The molecule has 4 aromatic carbocycles. The Morgan fingerprint density at radius 3 is 1.79 bits per heavy atom. The van der Waals surface area contributed by atoms with E-state index in [1.807, 2.05) is 20.9 Å². The summed E-state index contributed by atoms with van der Waals surface area (Å²) in [6.45, 7) is 15.1. The van der Waals surface area contributed by atoms with Gasteiger partial charge in [0.25, 0.3) is 0 Å². The third-order valence-electron chi connectivity index (χ3n) is 6.98. The van der Waals surface area contributed by atoms with Crippen molar-refractivity contribution in [3.05, 3.63) is 78.9 Å². The molecule has 1 N–H and O–H groups in total. The van der Waals surface area contributed by atoms with E-state index in [4.69, 9.17) is 0 Å². The molecule has 0 spiro atoms. The van der Waals surface area contributed by atoms with Crippen molar-refractivity contribution in [3.63, 3.8) is 0 Å². The maximum absolute atomic E-state index is 3.48. The van der Waals surface area contributed by atoms with Crippen LogP contribution in [-0.4, -0.2) is 16.2 Å². The number of nitrogens with one attached hydrogen (secondary N) is 1. The van der Waals surface area contributed by atoms with Crippen LogP contribution in [0.2, 0.25) is 0 Å². The molecule has 0 saturated heterocycles. The van der Waals surface area contributed by atoms with Crippen molar-refractivity contribution in [1.82, 2.24) is 9.13 Å². The smallest absolute Gasteiger partial charge is 0.0517 e. The van der Waals surface area contributed by atoms with Gasteiger partial charge in [-0.3, -0.25) is 0 Å². The Kier molecular flexibility index (Phi) is 7.87. The Morgan fingerprint density at radius 2 is 1.18 bits per heavy atom. The molecule has 0 fully saturated rings. The van der Waals surface area contributed by atoms with Crippen molar-refractivity contribution in [2.75, 3.05) is 12.4 Å². The summed E-state index contributed by atoms with van der Waals surface area (Å²) in [7, 11) is 4.17. The molecule has 0 aliphatic carbocycles. The summed E-state index contributed by atoms with van der Waals surface area (Å²) in [5.41, 5.74) is 8.67. The van der Waals surface area contributed by atoms with Crippen molar-refractivity contribution in [2.24, 2.45) is 7.05 Å². The van der Waals surface area contributed by atoms with Gasteiger partial charge in [-0.15, -0.1) is 0 Å². The highest BCUT2D eigenvalue weighted by atomic mass is 15.0. The number of hydrogen-bond acceptors (Lipinski definition) is 1. The predicted molar refractivity (Wildman–Crippen MR) is 171 cm³/mol. The van der Waals surface area contributed by atoms with Gasteiger partial charge in [-0.25, -0.2) is 0 Å². The lowest BCUT2D eigenvalue weighted by Gasteiger charge is -2.24. The largest absolute Gasteiger partial charge is 0.388 e. The van der Waals surface area contributed by atoms with Crippen molar-refractivity contribution in [1.29, 1.82) is 0 Å². The van der Waals surface area contributed by atoms with Crippen LogP contribution in [-0.2, 0) is 12.6 Å². The SMILES string of the molecule is CC.CCC.CNc1cc2c(cc1-c1ccc3c(c1)c1ccccc1n3C)c1ccccc1n2C(C)(C)C. The zero-order valence-corrected chi connectivity index (χ0v) is 24.6. The number of benzene rings is 4. The Morgan fingerprint density at radius 1 is 0.658 bits per heavy atom. The van der Waals surface area contributed by atoms with E-state index in [1.165, 1.54) is 61.2 Å². The van der Waals surface area contributed by atoms with E-state index < -0.39 is 0 Å². The summed E-state index contributed by atoms with van der Waals surface area (Å²) in [5, 5.41) is 8.68. The quantitative estimate of drug-likeness (QED) is 0.248. The molecule has 2 heterocycles. The fourth-order valence-electron chi connectivity index (χ4n) is 5.52. The minimum Gasteiger partial charge on any atom is -0.388 e. The molecule has 0 amide bonds. The van der Waals surface area contributed by atoms with E-state index in [9.17, 15) is 0 Å². The molecule has 0 atom stereocenters. The first kappa shape index (κ1) is 27.3. The van der Waals surface area contributed by atoms with Crippen LogP contribution in [0.3, 0.4) is 0 Å². The van der Waals surface area contributed by atoms with Crippen molar-refractivity contribution < 1.29 is 0 Å². The Balaban J connectivity index is 0.000000630. The zero-order chi connectivity index (χ0) is 27.6. The standard InChI is InChI=1S/C30H29N3.C3H8.C2H6/c1-30(2,3)33-28-13-9-7-11-21(28)24-17-22(25(31-4)18-29(24)33)19-14-15-27-23(16-19)20-10-6-8-12-26(20)32(27)5;1-3-2;1-2/h6-18,31H,1-5H3;3H2,1-2H3;1-2H3. The Hall–Kier alpha value is -3.72. The summed E-state index contributed by atoms with van der Waals surface area (Å²) in [6, 6.07) is 29.0. The molecule has 38 heavy (non-hydrogen) atoms. The average Bonchev–Trinajstić information content (AvgIpc) is 3.41. The minimum absolute atomic E-state index is 0.0181. The van der Waals surface area contributed by atoms with Gasteiger partial charge in [0.05, 0.1) is 5.52 Å². The molecule has 198 valence electrons. The maximum atomic E-state index is 3.48. The van der Waals surface area contributed by atoms with Crippen LogP contribution < -0.4 is 5.32 Å². The molecule has 0 aliphatic rings. The number of anilines is 1. The lowest BCUT2D eigenvalue weighted by Crippen LogP contribution is -2.21. The van der Waals surface area contributed by atoms with Crippen LogP contribution >= 0.6 is 0 Å². The fraction of sp³-hybridized carbons (Fsp3) is 0.314. The lowest BCUT2D eigenvalue weighted by molar-refractivity contribution is 0.423. The number of para-hydroxylation sites is 2.